The molecule has 2 saturated heterocycles. The van der Waals surface area contributed by atoms with Gasteiger partial charge in [-0.15, -0.1) is 22.0 Å². The number of nitrogens with one attached hydrogen (secondary N) is 2. The molecule has 5 heterocycles. The number of likely N-dealkylation sites (tertiary alicyclic amines) is 1. The summed E-state index contributed by atoms with van der Waals surface area (Å²) in [6.45, 7) is 12.8. The third-order valence-electron chi connectivity index (χ3n) is 10.7. The third kappa shape index (κ3) is 9.15. The SMILES string of the molecule is CCSc1cc(C2(Cc3nncn3C)COC2)cc(N2Cc3c(cc(C[N+]4(CNC(=O)C(C)NC(=O)OC(C)(C)C)CCC[C@H](C)C4)cc3C(F)(F)F)C2=O)n1. The Kier molecular flexibility index (Phi) is 11.8. The number of nitrogens with zero attached hydrogens (tertiary/aromatic N) is 6. The van der Waals surface area contributed by atoms with Gasteiger partial charge in [0.15, 0.2) is 6.67 Å². The van der Waals surface area contributed by atoms with Gasteiger partial charge in [0, 0.05) is 35.9 Å². The van der Waals surface area contributed by atoms with Gasteiger partial charge >= 0.3 is 12.3 Å². The van der Waals surface area contributed by atoms with Gasteiger partial charge in [0.2, 0.25) is 5.91 Å². The van der Waals surface area contributed by atoms with Crippen LogP contribution in [0.5, 0.6) is 0 Å². The summed E-state index contributed by atoms with van der Waals surface area (Å²) in [7, 11) is 1.87. The summed E-state index contributed by atoms with van der Waals surface area (Å²) in [5.41, 5.74) is -0.928. The summed E-state index contributed by atoms with van der Waals surface area (Å²) in [5, 5.41) is 14.4. The van der Waals surface area contributed by atoms with E-state index >= 15 is 0 Å². The molecule has 2 aromatic heterocycles. The van der Waals surface area contributed by atoms with Gasteiger partial charge in [-0.1, -0.05) is 13.8 Å². The number of aryl methyl sites for hydroxylation is 1. The maximum atomic E-state index is 14.9. The van der Waals surface area contributed by atoms with Crippen LogP contribution in [0.3, 0.4) is 0 Å². The van der Waals surface area contributed by atoms with Crippen LogP contribution in [0.15, 0.2) is 35.6 Å². The molecule has 304 valence electrons. The van der Waals surface area contributed by atoms with E-state index in [4.69, 9.17) is 14.5 Å². The molecule has 0 saturated carbocycles. The summed E-state index contributed by atoms with van der Waals surface area (Å²) in [6.07, 6.45) is -1.54. The summed E-state index contributed by atoms with van der Waals surface area (Å²) in [6, 6.07) is 5.61. The van der Waals surface area contributed by atoms with Gasteiger partial charge in [0.1, 0.15) is 36.2 Å². The number of alkyl carbamates (subject to hydrolysis) is 1. The van der Waals surface area contributed by atoms with Gasteiger partial charge in [-0.05, 0) is 81.7 Å². The van der Waals surface area contributed by atoms with Crippen molar-refractivity contribution in [2.45, 2.75) is 102 Å². The Morgan fingerprint density at radius 2 is 1.93 bits per heavy atom. The van der Waals surface area contributed by atoms with Crippen LogP contribution in [-0.2, 0) is 52.4 Å². The molecular formula is C39H52F3N8O5S+. The lowest BCUT2D eigenvalue weighted by Gasteiger charge is -2.44. The Labute approximate surface area is 329 Å². The standard InChI is InChI=1S/C39H51F3N8O5S/c1-8-56-33-15-27(38(20-54-21-38)16-32-47-44-22-48(32)7)14-31(46-33)49-17-29-28(35(49)52)12-26(13-30(29)39(40,41)42)19-50(11-9-10-24(2)18-50)23-43-34(51)25(3)45-36(53)55-37(4,5)6/h12-15,22,24-25H,8-11,16-21,23H2,1-7H3,(H-,43,45,51,53)/p+1/t24-,25?,50?/m0/s1. The number of rotatable bonds is 12. The molecule has 0 aliphatic carbocycles. The van der Waals surface area contributed by atoms with Gasteiger partial charge in [-0.2, -0.15) is 13.2 Å². The van der Waals surface area contributed by atoms with E-state index in [0.717, 1.165) is 30.3 Å². The minimum Gasteiger partial charge on any atom is -0.444 e. The molecule has 3 aliphatic rings. The minimum absolute atomic E-state index is 0.00470. The van der Waals surface area contributed by atoms with Crippen molar-refractivity contribution in [1.82, 2.24) is 30.4 Å². The monoisotopic (exact) mass is 801 g/mol. The predicted octanol–water partition coefficient (Wildman–Crippen LogP) is 5.75. The number of halogens is 3. The first kappa shape index (κ1) is 41.4. The highest BCUT2D eigenvalue weighted by atomic mass is 32.2. The molecule has 0 radical (unpaired) electrons. The van der Waals surface area contributed by atoms with E-state index in [1.54, 1.807) is 46.2 Å². The molecule has 2 N–H and O–H groups in total. The number of ether oxygens (including phenoxy) is 2. The van der Waals surface area contributed by atoms with Gasteiger partial charge in [0.25, 0.3) is 5.91 Å². The molecule has 2 unspecified atom stereocenters. The number of carbonyl (C=O) groups is 3. The quantitative estimate of drug-likeness (QED) is 0.173. The maximum Gasteiger partial charge on any atom is 0.416 e. The van der Waals surface area contributed by atoms with Crippen molar-refractivity contribution in [2.75, 3.05) is 43.6 Å². The fraction of sp³-hybridized carbons (Fsp3) is 0.590. The fourth-order valence-corrected chi connectivity index (χ4v) is 8.61. The molecule has 2 fully saturated rings. The Bertz CT molecular complexity index is 1960. The van der Waals surface area contributed by atoms with Crippen molar-refractivity contribution < 1.29 is 41.5 Å². The molecule has 3 aliphatic heterocycles. The Morgan fingerprint density at radius 1 is 1.18 bits per heavy atom. The highest BCUT2D eigenvalue weighted by molar-refractivity contribution is 7.99. The molecule has 0 bridgehead atoms. The molecule has 0 spiro atoms. The molecule has 3 aromatic rings. The van der Waals surface area contributed by atoms with Crippen molar-refractivity contribution in [3.63, 3.8) is 0 Å². The highest BCUT2D eigenvalue weighted by Crippen LogP contribution is 2.43. The van der Waals surface area contributed by atoms with Crippen LogP contribution in [-0.4, -0.2) is 92.5 Å². The summed E-state index contributed by atoms with van der Waals surface area (Å²) < 4.78 is 57.9. The summed E-state index contributed by atoms with van der Waals surface area (Å²) in [4.78, 5) is 45.9. The number of fused-ring (bicyclic) bond motifs is 1. The number of quaternary nitrogens is 1. The normalized spacial score (nSPS) is 21.3. The van der Waals surface area contributed by atoms with Gasteiger partial charge < -0.3 is 29.2 Å². The van der Waals surface area contributed by atoms with Crippen molar-refractivity contribution in [2.24, 2.45) is 13.0 Å². The zero-order chi connectivity index (χ0) is 40.6. The van der Waals surface area contributed by atoms with Crippen molar-refractivity contribution >= 4 is 35.5 Å². The van der Waals surface area contributed by atoms with Crippen LogP contribution >= 0.6 is 11.8 Å². The number of carbonyl (C=O) groups excluding carboxylic acids is 3. The number of aromatic nitrogens is 4. The van der Waals surface area contributed by atoms with Crippen LogP contribution in [0, 0.1) is 5.92 Å². The Morgan fingerprint density at radius 3 is 2.54 bits per heavy atom. The third-order valence-corrected chi connectivity index (χ3v) is 11.5. The molecule has 56 heavy (non-hydrogen) atoms. The van der Waals surface area contributed by atoms with Crippen LogP contribution in [0.4, 0.5) is 23.8 Å². The van der Waals surface area contributed by atoms with Gasteiger partial charge in [0.05, 0.1) is 43.4 Å². The lowest BCUT2D eigenvalue weighted by Crippen LogP contribution is -2.59. The predicted molar refractivity (Wildman–Crippen MR) is 204 cm³/mol. The van der Waals surface area contributed by atoms with Crippen LogP contribution in [0.2, 0.25) is 0 Å². The number of benzene rings is 1. The molecule has 13 nitrogen and oxygen atoms in total. The second-order valence-corrected chi connectivity index (χ2v) is 17.9. The van der Waals surface area contributed by atoms with Gasteiger partial charge in [-0.25, -0.2) is 9.78 Å². The van der Waals surface area contributed by atoms with Crippen molar-refractivity contribution in [3.8, 4) is 0 Å². The van der Waals surface area contributed by atoms with Crippen molar-refractivity contribution in [3.05, 3.63) is 64.2 Å². The van der Waals surface area contributed by atoms with Crippen molar-refractivity contribution in [1.29, 1.82) is 0 Å². The zero-order valence-corrected chi connectivity index (χ0v) is 33.9. The molecule has 17 heteroatoms. The summed E-state index contributed by atoms with van der Waals surface area (Å²) >= 11 is 1.49. The number of alkyl halides is 3. The summed E-state index contributed by atoms with van der Waals surface area (Å²) in [5.74, 6) is 1.01. The van der Waals surface area contributed by atoms with E-state index in [1.807, 2.05) is 24.6 Å². The molecule has 3 amide bonds. The molecule has 1 aromatic carbocycles. The van der Waals surface area contributed by atoms with E-state index in [1.165, 1.54) is 16.7 Å². The number of pyridine rings is 1. The number of thioether (sulfide) groups is 1. The first-order chi connectivity index (χ1) is 26.3. The maximum absolute atomic E-state index is 14.9. The fourth-order valence-electron chi connectivity index (χ4n) is 7.94. The van der Waals surface area contributed by atoms with E-state index < -0.39 is 46.7 Å². The molecule has 3 atom stereocenters. The number of anilines is 1. The minimum atomic E-state index is -4.73. The second-order valence-electron chi connectivity index (χ2n) is 16.6. The van der Waals surface area contributed by atoms with Crippen LogP contribution < -0.4 is 15.5 Å². The first-order valence-electron chi connectivity index (χ1n) is 19.0. The van der Waals surface area contributed by atoms with Crippen LogP contribution in [0.1, 0.15) is 92.8 Å². The van der Waals surface area contributed by atoms with Crippen LogP contribution in [0.25, 0.3) is 0 Å². The largest absolute Gasteiger partial charge is 0.444 e. The zero-order valence-electron chi connectivity index (χ0n) is 33.1. The molecule has 6 rings (SSSR count). The number of hydrogen-bond donors (Lipinski definition) is 2. The average Bonchev–Trinajstić information content (AvgIpc) is 3.65. The first-order valence-corrected chi connectivity index (χ1v) is 20.0. The lowest BCUT2D eigenvalue weighted by molar-refractivity contribution is -0.949. The molecular weight excluding hydrogens is 750 g/mol. The van der Waals surface area contributed by atoms with E-state index in [2.05, 4.69) is 27.8 Å². The topological polar surface area (TPSA) is 141 Å². The number of hydrogen-bond acceptors (Lipinski definition) is 9. The smallest absolute Gasteiger partial charge is 0.416 e. The Hall–Kier alpha value is -4.22. The van der Waals surface area contributed by atoms with E-state index in [9.17, 15) is 27.6 Å². The second kappa shape index (κ2) is 16.0. The lowest BCUT2D eigenvalue weighted by atomic mass is 9.76. The number of amides is 3. The van der Waals surface area contributed by atoms with Gasteiger partial charge in [-0.3, -0.25) is 14.5 Å². The highest BCUT2D eigenvalue weighted by Gasteiger charge is 2.45. The average molecular weight is 802 g/mol. The van der Waals surface area contributed by atoms with E-state index in [-0.39, 0.29) is 47.1 Å². The Balaban J connectivity index is 1.29. The number of piperidine rings is 1. The van der Waals surface area contributed by atoms with E-state index in [0.29, 0.717) is 49.1 Å².